The number of aromatic amines is 1. The third kappa shape index (κ3) is 3.27. The van der Waals surface area contributed by atoms with Crippen LogP contribution in [0.2, 0.25) is 0 Å². The molecule has 3 N–H and O–H groups in total. The summed E-state index contributed by atoms with van der Waals surface area (Å²) in [6.07, 6.45) is 2.97. The molecule has 0 radical (unpaired) electrons. The maximum Gasteiger partial charge on any atom is 0.255 e. The van der Waals surface area contributed by atoms with Gasteiger partial charge in [-0.1, -0.05) is 0 Å². The van der Waals surface area contributed by atoms with Gasteiger partial charge >= 0.3 is 0 Å². The Bertz CT molecular complexity index is 551. The molecule has 0 saturated heterocycles. The molecule has 7 heteroatoms. The second-order valence-electron chi connectivity index (χ2n) is 4.02. The van der Waals surface area contributed by atoms with Crippen molar-refractivity contribution in [3.8, 4) is 0 Å². The van der Waals surface area contributed by atoms with Gasteiger partial charge in [-0.15, -0.1) is 0 Å². The smallest absolute Gasteiger partial charge is 0.255 e. The molecule has 0 aliphatic rings. The molecule has 2 heterocycles. The standard InChI is InChI=1S/C12H16N6O/c1-3-13-10-4-8(2)14-5-9(10)12(19)15-6-11-16-7-17-18-11/h4-5,7H,3,6H2,1-2H3,(H,13,14)(H,15,19)(H,16,17,18). The number of anilines is 1. The summed E-state index contributed by atoms with van der Waals surface area (Å²) in [5, 5.41) is 12.3. The lowest BCUT2D eigenvalue weighted by Gasteiger charge is -2.10. The van der Waals surface area contributed by atoms with E-state index >= 15 is 0 Å². The first-order valence-corrected chi connectivity index (χ1v) is 6.03. The summed E-state index contributed by atoms with van der Waals surface area (Å²) in [5.41, 5.74) is 2.17. The molecule has 0 aliphatic carbocycles. The fourth-order valence-corrected chi connectivity index (χ4v) is 1.65. The Morgan fingerprint density at radius 2 is 2.26 bits per heavy atom. The van der Waals surface area contributed by atoms with E-state index in [1.54, 1.807) is 6.20 Å². The predicted octanol–water partition coefficient (Wildman–Crippen LogP) is 0.870. The molecule has 0 atom stereocenters. The quantitative estimate of drug-likeness (QED) is 0.741. The van der Waals surface area contributed by atoms with Crippen molar-refractivity contribution < 1.29 is 4.79 Å². The molecule has 7 nitrogen and oxygen atoms in total. The average molecular weight is 260 g/mol. The van der Waals surface area contributed by atoms with E-state index in [2.05, 4.69) is 30.8 Å². The van der Waals surface area contributed by atoms with Gasteiger partial charge in [0.05, 0.1) is 17.8 Å². The molecule has 19 heavy (non-hydrogen) atoms. The van der Waals surface area contributed by atoms with Crippen LogP contribution >= 0.6 is 0 Å². The number of H-pyrrole nitrogens is 1. The van der Waals surface area contributed by atoms with Crippen LogP contribution in [0.1, 0.15) is 28.8 Å². The Morgan fingerprint density at radius 3 is 2.95 bits per heavy atom. The molecule has 100 valence electrons. The maximum absolute atomic E-state index is 12.1. The van der Waals surface area contributed by atoms with Crippen molar-refractivity contribution in [2.24, 2.45) is 0 Å². The number of aromatic nitrogens is 4. The first kappa shape index (κ1) is 13.0. The van der Waals surface area contributed by atoms with Crippen LogP contribution in [0.4, 0.5) is 5.69 Å². The van der Waals surface area contributed by atoms with E-state index in [9.17, 15) is 4.79 Å². The summed E-state index contributed by atoms with van der Waals surface area (Å²) >= 11 is 0. The maximum atomic E-state index is 12.1. The number of pyridine rings is 1. The zero-order chi connectivity index (χ0) is 13.7. The van der Waals surface area contributed by atoms with Crippen LogP contribution in [0.25, 0.3) is 0 Å². The average Bonchev–Trinajstić information content (AvgIpc) is 2.90. The highest BCUT2D eigenvalue weighted by atomic mass is 16.1. The minimum Gasteiger partial charge on any atom is -0.385 e. The molecule has 0 unspecified atom stereocenters. The third-order valence-corrected chi connectivity index (χ3v) is 2.53. The molecular formula is C12H16N6O. The SMILES string of the molecule is CCNc1cc(C)ncc1C(=O)NCc1ncn[nH]1. The minimum absolute atomic E-state index is 0.195. The number of hydrogen-bond donors (Lipinski definition) is 3. The van der Waals surface area contributed by atoms with Crippen LogP contribution in [0.15, 0.2) is 18.6 Å². The van der Waals surface area contributed by atoms with Gasteiger partial charge in [-0.3, -0.25) is 14.9 Å². The zero-order valence-corrected chi connectivity index (χ0v) is 10.9. The number of nitrogens with one attached hydrogen (secondary N) is 3. The summed E-state index contributed by atoms with van der Waals surface area (Å²) in [7, 11) is 0. The summed E-state index contributed by atoms with van der Waals surface area (Å²) in [4.78, 5) is 20.2. The van der Waals surface area contributed by atoms with Crippen molar-refractivity contribution in [1.82, 2.24) is 25.5 Å². The van der Waals surface area contributed by atoms with E-state index in [4.69, 9.17) is 0 Å². The fourth-order valence-electron chi connectivity index (χ4n) is 1.65. The molecule has 0 aromatic carbocycles. The van der Waals surface area contributed by atoms with Crippen molar-refractivity contribution >= 4 is 11.6 Å². The first-order valence-electron chi connectivity index (χ1n) is 6.03. The van der Waals surface area contributed by atoms with Crippen LogP contribution < -0.4 is 10.6 Å². The van der Waals surface area contributed by atoms with E-state index in [0.717, 1.165) is 17.9 Å². The molecule has 0 bridgehead atoms. The molecule has 2 aromatic heterocycles. The number of nitrogens with zero attached hydrogens (tertiary/aromatic N) is 3. The molecule has 1 amide bonds. The van der Waals surface area contributed by atoms with E-state index in [1.165, 1.54) is 6.33 Å². The highest BCUT2D eigenvalue weighted by Crippen LogP contribution is 2.15. The van der Waals surface area contributed by atoms with E-state index in [-0.39, 0.29) is 5.91 Å². The van der Waals surface area contributed by atoms with Crippen molar-refractivity contribution in [1.29, 1.82) is 0 Å². The Labute approximate surface area is 110 Å². The molecule has 0 fully saturated rings. The zero-order valence-electron chi connectivity index (χ0n) is 10.9. The van der Waals surface area contributed by atoms with Gasteiger partial charge in [0.25, 0.3) is 5.91 Å². The van der Waals surface area contributed by atoms with Crippen molar-refractivity contribution in [2.45, 2.75) is 20.4 Å². The van der Waals surface area contributed by atoms with Gasteiger partial charge < -0.3 is 10.6 Å². The van der Waals surface area contributed by atoms with Gasteiger partial charge in [0.2, 0.25) is 0 Å². The van der Waals surface area contributed by atoms with Crippen LogP contribution in [-0.4, -0.2) is 32.6 Å². The molecule has 0 saturated carbocycles. The Morgan fingerprint density at radius 1 is 1.42 bits per heavy atom. The second kappa shape index (κ2) is 5.94. The van der Waals surface area contributed by atoms with Gasteiger partial charge in [-0.2, -0.15) is 5.10 Å². The lowest BCUT2D eigenvalue weighted by atomic mass is 10.2. The lowest BCUT2D eigenvalue weighted by Crippen LogP contribution is -2.24. The molecule has 2 rings (SSSR count). The second-order valence-corrected chi connectivity index (χ2v) is 4.02. The van der Waals surface area contributed by atoms with Gasteiger partial charge in [0.1, 0.15) is 12.2 Å². The van der Waals surface area contributed by atoms with Gasteiger partial charge in [-0.25, -0.2) is 4.98 Å². The van der Waals surface area contributed by atoms with Crippen molar-refractivity contribution in [3.63, 3.8) is 0 Å². The van der Waals surface area contributed by atoms with Crippen LogP contribution in [0.5, 0.6) is 0 Å². The summed E-state index contributed by atoms with van der Waals surface area (Å²) in [6, 6.07) is 1.85. The van der Waals surface area contributed by atoms with Crippen LogP contribution in [0.3, 0.4) is 0 Å². The van der Waals surface area contributed by atoms with E-state index < -0.39 is 0 Å². The number of carbonyl (C=O) groups excluding carboxylic acids is 1. The normalized spacial score (nSPS) is 10.2. The largest absolute Gasteiger partial charge is 0.385 e. The number of carbonyl (C=O) groups is 1. The monoisotopic (exact) mass is 260 g/mol. The first-order chi connectivity index (χ1) is 9.20. The molecule has 0 spiro atoms. The fraction of sp³-hybridized carbons (Fsp3) is 0.333. The molecular weight excluding hydrogens is 244 g/mol. The summed E-state index contributed by atoms with van der Waals surface area (Å²) < 4.78 is 0. The number of rotatable bonds is 5. The van der Waals surface area contributed by atoms with Crippen molar-refractivity contribution in [3.05, 3.63) is 35.7 Å². The van der Waals surface area contributed by atoms with Crippen molar-refractivity contribution in [2.75, 3.05) is 11.9 Å². The number of hydrogen-bond acceptors (Lipinski definition) is 5. The van der Waals surface area contributed by atoms with E-state index in [1.807, 2.05) is 19.9 Å². The Kier molecular flexibility index (Phi) is 4.07. The highest BCUT2D eigenvalue weighted by molar-refractivity contribution is 5.99. The number of aryl methyl sites for hydroxylation is 1. The minimum atomic E-state index is -0.195. The van der Waals surface area contributed by atoms with Gasteiger partial charge in [0, 0.05) is 18.4 Å². The van der Waals surface area contributed by atoms with Crippen LogP contribution in [-0.2, 0) is 6.54 Å². The van der Waals surface area contributed by atoms with Gasteiger partial charge in [-0.05, 0) is 19.9 Å². The van der Waals surface area contributed by atoms with Gasteiger partial charge in [0.15, 0.2) is 0 Å². The number of amides is 1. The highest BCUT2D eigenvalue weighted by Gasteiger charge is 2.12. The lowest BCUT2D eigenvalue weighted by molar-refractivity contribution is 0.0950. The topological polar surface area (TPSA) is 95.6 Å². The predicted molar refractivity (Wildman–Crippen MR) is 70.7 cm³/mol. The summed E-state index contributed by atoms with van der Waals surface area (Å²) in [6.45, 7) is 4.91. The Balaban J connectivity index is 2.09. The summed E-state index contributed by atoms with van der Waals surface area (Å²) in [5.74, 6) is 0.415. The third-order valence-electron chi connectivity index (χ3n) is 2.53. The molecule has 2 aromatic rings. The Hall–Kier alpha value is -2.44. The molecule has 0 aliphatic heterocycles. The van der Waals surface area contributed by atoms with E-state index in [0.29, 0.717) is 17.9 Å². The van der Waals surface area contributed by atoms with Crippen LogP contribution in [0, 0.1) is 6.92 Å².